The van der Waals surface area contributed by atoms with Gasteiger partial charge in [0.2, 0.25) is 5.78 Å². The molecule has 1 aromatic carbocycles. The number of ether oxygens (including phenoxy) is 1. The van der Waals surface area contributed by atoms with Gasteiger partial charge in [0.25, 0.3) is 0 Å². The second-order valence-corrected chi connectivity index (χ2v) is 6.50. The molecule has 1 aromatic heterocycles. The monoisotopic (exact) mass is 398 g/mol. The number of Topliss-reactive ketones (excluding diaryl/α,β-unsaturated/α-hetero) is 1. The van der Waals surface area contributed by atoms with Gasteiger partial charge in [0.15, 0.2) is 6.61 Å². The Balaban J connectivity index is 2.09. The molecule has 1 heterocycles. The van der Waals surface area contributed by atoms with Crippen molar-refractivity contribution in [1.29, 1.82) is 0 Å². The van der Waals surface area contributed by atoms with Crippen LogP contribution in [0.5, 0.6) is 5.75 Å². The van der Waals surface area contributed by atoms with Crippen LogP contribution in [-0.2, 0) is 0 Å². The maximum absolute atomic E-state index is 11.9. The quantitative estimate of drug-likeness (QED) is 0.484. The normalized spacial score (nSPS) is 10.5. The van der Waals surface area contributed by atoms with E-state index in [2.05, 4.69) is 15.9 Å². The zero-order valence-electron chi connectivity index (χ0n) is 9.25. The standard InChI is InChI=1S/C12H6BrCl3O2S/c13-6-1-2-19-12(6)10(17)5-18-11-4-8(15)7(14)3-9(11)16/h1-4H,5H2. The summed E-state index contributed by atoms with van der Waals surface area (Å²) in [6.07, 6.45) is 0. The molecule has 0 amide bonds. The Labute approximate surface area is 137 Å². The molecule has 0 aliphatic heterocycles. The summed E-state index contributed by atoms with van der Waals surface area (Å²) in [4.78, 5) is 12.5. The van der Waals surface area contributed by atoms with Crippen molar-refractivity contribution in [3.63, 3.8) is 0 Å². The smallest absolute Gasteiger partial charge is 0.211 e. The Morgan fingerprint density at radius 3 is 2.53 bits per heavy atom. The molecular formula is C12H6BrCl3O2S. The number of hydrogen-bond donors (Lipinski definition) is 0. The molecule has 0 fully saturated rings. The maximum atomic E-state index is 11.9. The van der Waals surface area contributed by atoms with E-state index >= 15 is 0 Å². The third-order valence-electron chi connectivity index (χ3n) is 2.20. The fourth-order valence-electron chi connectivity index (χ4n) is 1.32. The average molecular weight is 401 g/mol. The molecule has 2 aromatic rings. The largest absolute Gasteiger partial charge is 0.484 e. The first-order chi connectivity index (χ1) is 8.99. The van der Waals surface area contributed by atoms with Gasteiger partial charge in [-0.25, -0.2) is 0 Å². The van der Waals surface area contributed by atoms with Crippen LogP contribution >= 0.6 is 62.1 Å². The van der Waals surface area contributed by atoms with Gasteiger partial charge < -0.3 is 4.74 Å². The average Bonchev–Trinajstić information content (AvgIpc) is 2.78. The van der Waals surface area contributed by atoms with Crippen LogP contribution in [0.2, 0.25) is 15.1 Å². The molecule has 0 saturated carbocycles. The third-order valence-corrected chi connectivity index (χ3v) is 5.10. The molecular weight excluding hydrogens is 394 g/mol. The minimum absolute atomic E-state index is 0.114. The van der Waals surface area contributed by atoms with E-state index in [0.29, 0.717) is 25.7 Å². The molecule has 100 valence electrons. The van der Waals surface area contributed by atoms with Gasteiger partial charge in [-0.15, -0.1) is 11.3 Å². The Morgan fingerprint density at radius 2 is 1.89 bits per heavy atom. The fourth-order valence-corrected chi connectivity index (χ4v) is 3.43. The molecule has 7 heteroatoms. The molecule has 0 unspecified atom stereocenters. The SMILES string of the molecule is O=C(COc1cc(Cl)c(Cl)cc1Cl)c1sccc1Br. The van der Waals surface area contributed by atoms with E-state index in [1.165, 1.54) is 23.5 Å². The molecule has 0 saturated heterocycles. The van der Waals surface area contributed by atoms with Crippen molar-refractivity contribution in [1.82, 2.24) is 0 Å². The first-order valence-corrected chi connectivity index (χ1v) is 7.83. The van der Waals surface area contributed by atoms with Crippen LogP contribution in [0.3, 0.4) is 0 Å². The molecule has 19 heavy (non-hydrogen) atoms. The number of halogens is 4. The summed E-state index contributed by atoms with van der Waals surface area (Å²) < 4.78 is 6.13. The Hall–Kier alpha value is -0.260. The van der Waals surface area contributed by atoms with Crippen LogP contribution in [-0.4, -0.2) is 12.4 Å². The minimum Gasteiger partial charge on any atom is -0.484 e. The van der Waals surface area contributed by atoms with Crippen molar-refractivity contribution in [3.8, 4) is 5.75 Å². The predicted molar refractivity (Wildman–Crippen MR) is 83.3 cm³/mol. The zero-order valence-corrected chi connectivity index (χ0v) is 13.9. The van der Waals surface area contributed by atoms with Crippen molar-refractivity contribution in [2.45, 2.75) is 0 Å². The van der Waals surface area contributed by atoms with Crippen molar-refractivity contribution < 1.29 is 9.53 Å². The van der Waals surface area contributed by atoms with Crippen LogP contribution in [0.15, 0.2) is 28.1 Å². The van der Waals surface area contributed by atoms with Crippen LogP contribution in [0, 0.1) is 0 Å². The molecule has 0 aliphatic carbocycles. The summed E-state index contributed by atoms with van der Waals surface area (Å²) in [6, 6.07) is 4.78. The zero-order chi connectivity index (χ0) is 14.0. The van der Waals surface area contributed by atoms with E-state index in [-0.39, 0.29) is 12.4 Å². The molecule has 0 radical (unpaired) electrons. The van der Waals surface area contributed by atoms with Crippen LogP contribution in [0.25, 0.3) is 0 Å². The summed E-state index contributed by atoms with van der Waals surface area (Å²) in [6.45, 7) is -0.114. The second-order valence-electron chi connectivity index (χ2n) is 3.51. The lowest BCUT2D eigenvalue weighted by Crippen LogP contribution is -2.10. The summed E-state index contributed by atoms with van der Waals surface area (Å²) in [5, 5.41) is 2.80. The number of carbonyl (C=O) groups excluding carboxylic acids is 1. The third kappa shape index (κ3) is 3.64. The molecule has 0 N–H and O–H groups in total. The molecule has 2 nitrogen and oxygen atoms in total. The van der Waals surface area contributed by atoms with Crippen molar-refractivity contribution in [2.24, 2.45) is 0 Å². The van der Waals surface area contributed by atoms with Crippen molar-refractivity contribution in [3.05, 3.63) is 48.0 Å². The summed E-state index contributed by atoms with van der Waals surface area (Å²) in [5.41, 5.74) is 0. The Kier molecular flexibility index (Phi) is 5.15. The highest BCUT2D eigenvalue weighted by atomic mass is 79.9. The maximum Gasteiger partial charge on any atom is 0.211 e. The summed E-state index contributed by atoms with van der Waals surface area (Å²) >= 11 is 22.3. The van der Waals surface area contributed by atoms with Gasteiger partial charge in [-0.05, 0) is 33.4 Å². The van der Waals surface area contributed by atoms with Crippen molar-refractivity contribution in [2.75, 3.05) is 6.61 Å². The highest BCUT2D eigenvalue weighted by Crippen LogP contribution is 2.34. The number of ketones is 1. The number of carbonyl (C=O) groups is 1. The molecule has 0 bridgehead atoms. The van der Waals surface area contributed by atoms with E-state index in [1.54, 1.807) is 0 Å². The highest BCUT2D eigenvalue weighted by Gasteiger charge is 2.14. The van der Waals surface area contributed by atoms with Crippen molar-refractivity contribution >= 4 is 67.9 Å². The molecule has 2 rings (SSSR count). The van der Waals surface area contributed by atoms with E-state index in [1.807, 2.05) is 11.4 Å². The predicted octanol–water partition coefficient (Wildman–Crippen LogP) is 5.73. The summed E-state index contributed by atoms with van der Waals surface area (Å²) in [5.74, 6) is 0.195. The lowest BCUT2D eigenvalue weighted by Gasteiger charge is -2.08. The Morgan fingerprint density at radius 1 is 1.21 bits per heavy atom. The number of thiophene rings is 1. The first kappa shape index (κ1) is 15.1. The van der Waals surface area contributed by atoms with Gasteiger partial charge in [-0.1, -0.05) is 34.8 Å². The van der Waals surface area contributed by atoms with Gasteiger partial charge >= 0.3 is 0 Å². The number of hydrogen-bond acceptors (Lipinski definition) is 3. The van der Waals surface area contributed by atoms with Crippen LogP contribution in [0.1, 0.15) is 9.67 Å². The van der Waals surface area contributed by atoms with E-state index < -0.39 is 0 Å². The molecule has 0 atom stereocenters. The lowest BCUT2D eigenvalue weighted by molar-refractivity contribution is 0.0925. The van der Waals surface area contributed by atoms with E-state index in [4.69, 9.17) is 39.5 Å². The number of rotatable bonds is 4. The summed E-state index contributed by atoms with van der Waals surface area (Å²) in [7, 11) is 0. The van der Waals surface area contributed by atoms with Crippen LogP contribution < -0.4 is 4.74 Å². The molecule has 0 aliphatic rings. The van der Waals surface area contributed by atoms with E-state index in [9.17, 15) is 4.79 Å². The molecule has 0 spiro atoms. The lowest BCUT2D eigenvalue weighted by atomic mass is 10.3. The minimum atomic E-state index is -0.135. The van der Waals surface area contributed by atoms with Gasteiger partial charge in [-0.2, -0.15) is 0 Å². The first-order valence-electron chi connectivity index (χ1n) is 5.02. The van der Waals surface area contributed by atoms with E-state index in [0.717, 1.165) is 4.47 Å². The fraction of sp³-hybridized carbons (Fsp3) is 0.0833. The highest BCUT2D eigenvalue weighted by molar-refractivity contribution is 9.10. The van der Waals surface area contributed by atoms with Crippen LogP contribution in [0.4, 0.5) is 0 Å². The topological polar surface area (TPSA) is 26.3 Å². The van der Waals surface area contributed by atoms with Gasteiger partial charge in [0.05, 0.1) is 19.9 Å². The van der Waals surface area contributed by atoms with Gasteiger partial charge in [0, 0.05) is 10.5 Å². The Bertz CT molecular complexity index is 627. The van der Waals surface area contributed by atoms with Gasteiger partial charge in [-0.3, -0.25) is 4.79 Å². The van der Waals surface area contributed by atoms with Gasteiger partial charge in [0.1, 0.15) is 5.75 Å². The number of benzene rings is 1. The second kappa shape index (κ2) is 6.46.